The first-order chi connectivity index (χ1) is 7.09. The van der Waals surface area contributed by atoms with Crippen molar-refractivity contribution in [2.45, 2.75) is 6.92 Å². The number of nitro groups is 1. The van der Waals surface area contributed by atoms with Crippen LogP contribution in [-0.2, 0) is 4.79 Å². The van der Waals surface area contributed by atoms with Crippen molar-refractivity contribution in [1.29, 1.82) is 0 Å². The number of benzene rings is 1. The third kappa shape index (κ3) is 1.50. The van der Waals surface area contributed by atoms with E-state index in [1.165, 1.54) is 12.1 Å². The van der Waals surface area contributed by atoms with Gasteiger partial charge in [0.15, 0.2) is 12.4 Å². The van der Waals surface area contributed by atoms with Crippen LogP contribution >= 0.6 is 0 Å². The van der Waals surface area contributed by atoms with E-state index < -0.39 is 4.92 Å². The van der Waals surface area contributed by atoms with Crippen molar-refractivity contribution in [3.05, 3.63) is 27.8 Å². The van der Waals surface area contributed by atoms with Crippen LogP contribution in [0.4, 0.5) is 11.4 Å². The van der Waals surface area contributed by atoms with Gasteiger partial charge in [0.1, 0.15) is 0 Å². The zero-order chi connectivity index (χ0) is 11.0. The van der Waals surface area contributed by atoms with Crippen LogP contribution in [0.1, 0.15) is 5.56 Å². The van der Waals surface area contributed by atoms with Gasteiger partial charge in [-0.2, -0.15) is 0 Å². The van der Waals surface area contributed by atoms with Crippen LogP contribution in [0.3, 0.4) is 0 Å². The first-order valence-corrected chi connectivity index (χ1v) is 4.30. The number of anilines is 1. The number of ether oxygens (including phenoxy) is 1. The summed E-state index contributed by atoms with van der Waals surface area (Å²) in [6.07, 6.45) is 0. The first kappa shape index (κ1) is 9.45. The molecule has 1 aliphatic rings. The van der Waals surface area contributed by atoms with Crippen molar-refractivity contribution >= 4 is 17.3 Å². The van der Waals surface area contributed by atoms with Gasteiger partial charge >= 0.3 is 0 Å². The number of nitro benzene ring substituents is 1. The van der Waals surface area contributed by atoms with Gasteiger partial charge in [0, 0.05) is 6.07 Å². The Bertz CT molecular complexity index is 456. The summed E-state index contributed by atoms with van der Waals surface area (Å²) < 4.78 is 5.14. The summed E-state index contributed by atoms with van der Waals surface area (Å²) in [5.41, 5.74) is 0.900. The van der Waals surface area contributed by atoms with Crippen molar-refractivity contribution in [1.82, 2.24) is 0 Å². The Morgan fingerprint density at radius 2 is 2.27 bits per heavy atom. The number of rotatable bonds is 1. The molecule has 1 aliphatic heterocycles. The minimum absolute atomic E-state index is 0.00935. The molecule has 0 radical (unpaired) electrons. The Morgan fingerprint density at radius 1 is 1.53 bits per heavy atom. The second-order valence-corrected chi connectivity index (χ2v) is 3.18. The molecule has 0 saturated carbocycles. The highest BCUT2D eigenvalue weighted by molar-refractivity contribution is 5.96. The van der Waals surface area contributed by atoms with Gasteiger partial charge in [-0.25, -0.2) is 0 Å². The van der Waals surface area contributed by atoms with Gasteiger partial charge < -0.3 is 10.1 Å². The molecule has 0 spiro atoms. The van der Waals surface area contributed by atoms with E-state index in [1.807, 2.05) is 0 Å². The lowest BCUT2D eigenvalue weighted by molar-refractivity contribution is -0.385. The molecule has 15 heavy (non-hydrogen) atoms. The largest absolute Gasteiger partial charge is 0.481 e. The van der Waals surface area contributed by atoms with E-state index in [1.54, 1.807) is 6.92 Å². The Kier molecular flexibility index (Phi) is 2.03. The molecule has 0 aliphatic carbocycles. The van der Waals surface area contributed by atoms with E-state index in [9.17, 15) is 14.9 Å². The third-order valence-corrected chi connectivity index (χ3v) is 2.20. The highest BCUT2D eigenvalue weighted by Gasteiger charge is 2.23. The molecule has 6 nitrogen and oxygen atoms in total. The predicted molar refractivity (Wildman–Crippen MR) is 52.0 cm³/mol. The van der Waals surface area contributed by atoms with Crippen molar-refractivity contribution in [2.75, 3.05) is 11.9 Å². The van der Waals surface area contributed by atoms with E-state index in [0.717, 1.165) is 0 Å². The number of hydrogen-bond donors (Lipinski definition) is 1. The Hall–Kier alpha value is -2.11. The summed E-state index contributed by atoms with van der Waals surface area (Å²) in [5, 5.41) is 13.2. The maximum Gasteiger partial charge on any atom is 0.276 e. The lowest BCUT2D eigenvalue weighted by atomic mass is 10.1. The normalized spacial score (nSPS) is 13.8. The van der Waals surface area contributed by atoms with Crippen LogP contribution in [-0.4, -0.2) is 17.4 Å². The molecule has 0 atom stereocenters. The summed E-state index contributed by atoms with van der Waals surface area (Å²) in [7, 11) is 0. The third-order valence-electron chi connectivity index (χ3n) is 2.20. The number of carbonyl (C=O) groups is 1. The molecule has 0 unspecified atom stereocenters. The average molecular weight is 208 g/mol. The van der Waals surface area contributed by atoms with Crippen LogP contribution in [0.2, 0.25) is 0 Å². The summed E-state index contributed by atoms with van der Waals surface area (Å²) in [6.45, 7) is 1.49. The number of carbonyl (C=O) groups excluding carboxylic acids is 1. The maximum absolute atomic E-state index is 11.0. The topological polar surface area (TPSA) is 81.5 Å². The number of nitrogens with zero attached hydrogens (tertiary/aromatic N) is 1. The molecule has 6 heteroatoms. The maximum atomic E-state index is 11.0. The molecule has 0 saturated heterocycles. The number of nitrogens with one attached hydrogen (secondary N) is 1. The van der Waals surface area contributed by atoms with Crippen molar-refractivity contribution in [3.63, 3.8) is 0 Å². The standard InChI is InChI=1S/C9H8N2O4/c1-5-7(11(13)14)3-2-6-9(5)15-4-8(12)10-6/h2-3H,4H2,1H3,(H,10,12). The predicted octanol–water partition coefficient (Wildman–Crippen LogP) is 1.23. The molecule has 1 aromatic carbocycles. The number of hydrogen-bond acceptors (Lipinski definition) is 4. The molecule has 1 aromatic rings. The minimum atomic E-state index is -0.477. The molecule has 0 aromatic heterocycles. The summed E-state index contributed by atoms with van der Waals surface area (Å²) in [5.74, 6) is 0.125. The summed E-state index contributed by atoms with van der Waals surface area (Å²) in [6, 6.07) is 2.82. The fourth-order valence-electron chi connectivity index (χ4n) is 1.49. The van der Waals surface area contributed by atoms with Gasteiger partial charge in [0.25, 0.3) is 11.6 Å². The van der Waals surface area contributed by atoms with E-state index in [-0.39, 0.29) is 18.2 Å². The smallest absolute Gasteiger partial charge is 0.276 e. The Labute approximate surface area is 85.0 Å². The number of amides is 1. The minimum Gasteiger partial charge on any atom is -0.481 e. The summed E-state index contributed by atoms with van der Waals surface area (Å²) in [4.78, 5) is 21.1. The molecule has 0 bridgehead atoms. The quantitative estimate of drug-likeness (QED) is 0.556. The lowest BCUT2D eigenvalue weighted by Crippen LogP contribution is -2.25. The van der Waals surface area contributed by atoms with Crippen LogP contribution in [0, 0.1) is 17.0 Å². The van der Waals surface area contributed by atoms with Crippen LogP contribution in [0.15, 0.2) is 12.1 Å². The monoisotopic (exact) mass is 208 g/mol. The van der Waals surface area contributed by atoms with E-state index in [0.29, 0.717) is 17.0 Å². The Balaban J connectivity index is 2.53. The van der Waals surface area contributed by atoms with Crippen LogP contribution < -0.4 is 10.1 Å². The molecule has 2 rings (SSSR count). The van der Waals surface area contributed by atoms with E-state index in [2.05, 4.69) is 5.32 Å². The zero-order valence-electron chi connectivity index (χ0n) is 7.94. The molecule has 1 N–H and O–H groups in total. The highest BCUT2D eigenvalue weighted by Crippen LogP contribution is 2.36. The zero-order valence-corrected chi connectivity index (χ0v) is 7.94. The molecular weight excluding hydrogens is 200 g/mol. The highest BCUT2D eigenvalue weighted by atomic mass is 16.6. The van der Waals surface area contributed by atoms with Crippen molar-refractivity contribution in [3.8, 4) is 5.75 Å². The number of fused-ring (bicyclic) bond motifs is 1. The average Bonchev–Trinajstić information content (AvgIpc) is 2.17. The van der Waals surface area contributed by atoms with Gasteiger partial charge in [0.05, 0.1) is 16.2 Å². The van der Waals surface area contributed by atoms with Crippen LogP contribution in [0.25, 0.3) is 0 Å². The molecule has 1 amide bonds. The lowest BCUT2D eigenvalue weighted by Gasteiger charge is -2.19. The molecule has 78 valence electrons. The van der Waals surface area contributed by atoms with E-state index in [4.69, 9.17) is 4.74 Å². The van der Waals surface area contributed by atoms with Gasteiger partial charge in [-0.05, 0) is 13.0 Å². The first-order valence-electron chi connectivity index (χ1n) is 4.30. The fourth-order valence-corrected chi connectivity index (χ4v) is 1.49. The van der Waals surface area contributed by atoms with Crippen molar-refractivity contribution in [2.24, 2.45) is 0 Å². The van der Waals surface area contributed by atoms with Gasteiger partial charge in [0.2, 0.25) is 0 Å². The second-order valence-electron chi connectivity index (χ2n) is 3.18. The van der Waals surface area contributed by atoms with E-state index >= 15 is 0 Å². The van der Waals surface area contributed by atoms with Crippen molar-refractivity contribution < 1.29 is 14.5 Å². The fraction of sp³-hybridized carbons (Fsp3) is 0.222. The molecule has 0 fully saturated rings. The SMILES string of the molecule is Cc1c([N+](=O)[O-])ccc2c1OCC(=O)N2. The van der Waals surface area contributed by atoms with Gasteiger partial charge in [-0.3, -0.25) is 14.9 Å². The van der Waals surface area contributed by atoms with Gasteiger partial charge in [-0.1, -0.05) is 0 Å². The summed E-state index contributed by atoms with van der Waals surface area (Å²) >= 11 is 0. The second kappa shape index (κ2) is 3.23. The molecule has 1 heterocycles. The van der Waals surface area contributed by atoms with Gasteiger partial charge in [-0.15, -0.1) is 0 Å². The Morgan fingerprint density at radius 3 is 2.93 bits per heavy atom. The molecular formula is C9H8N2O4. The van der Waals surface area contributed by atoms with Crippen LogP contribution in [0.5, 0.6) is 5.75 Å².